The molecule has 1 amide bonds. The number of carboxylic acids is 1. The number of carbonyl (C=O) groups excluding carboxylic acids is 1. The van der Waals surface area contributed by atoms with E-state index in [0.29, 0.717) is 6.42 Å². The Morgan fingerprint density at radius 2 is 2.00 bits per heavy atom. The van der Waals surface area contributed by atoms with Gasteiger partial charge in [-0.25, -0.2) is 9.86 Å². The Kier molecular flexibility index (Phi) is 3.55. The van der Waals surface area contributed by atoms with Gasteiger partial charge in [0.2, 0.25) is 0 Å². The van der Waals surface area contributed by atoms with E-state index in [1.165, 1.54) is 12.1 Å². The maximum absolute atomic E-state index is 12.2. The normalized spacial score (nSPS) is 22.5. The fourth-order valence-corrected chi connectivity index (χ4v) is 1.89. The smallest absolute Gasteiger partial charge is 0.336 e. The standard InChI is InChI=1S/C13H15NO5/c1-2-13(18)7-14(19-8-13)11(15)9-5-3-4-6-10(9)12(16)17/h3-6,18H,2,7-8H2,1H3,(H,16,17)/t13-/m0/s1. The largest absolute Gasteiger partial charge is 0.478 e. The Morgan fingerprint density at radius 1 is 1.37 bits per heavy atom. The zero-order chi connectivity index (χ0) is 14.0. The van der Waals surface area contributed by atoms with Crippen molar-refractivity contribution in [3.05, 3.63) is 35.4 Å². The minimum absolute atomic E-state index is 0.0322. The van der Waals surface area contributed by atoms with Gasteiger partial charge in [-0.3, -0.25) is 9.63 Å². The summed E-state index contributed by atoms with van der Waals surface area (Å²) >= 11 is 0. The first kappa shape index (κ1) is 13.5. The third-order valence-corrected chi connectivity index (χ3v) is 3.20. The third-order valence-electron chi connectivity index (χ3n) is 3.20. The highest BCUT2D eigenvalue weighted by Crippen LogP contribution is 2.23. The maximum Gasteiger partial charge on any atom is 0.336 e. The summed E-state index contributed by atoms with van der Waals surface area (Å²) in [7, 11) is 0. The molecule has 0 aliphatic carbocycles. The SMILES string of the molecule is CC[C@@]1(O)CON(C(=O)c2ccccc2C(=O)O)C1. The summed E-state index contributed by atoms with van der Waals surface area (Å²) in [5, 5.41) is 20.1. The van der Waals surface area contributed by atoms with Gasteiger partial charge >= 0.3 is 5.97 Å². The number of aliphatic hydroxyl groups is 1. The van der Waals surface area contributed by atoms with Crippen LogP contribution in [0.5, 0.6) is 0 Å². The predicted molar refractivity (Wildman–Crippen MR) is 65.6 cm³/mol. The van der Waals surface area contributed by atoms with Gasteiger partial charge in [0.15, 0.2) is 0 Å². The molecule has 0 bridgehead atoms. The Bertz CT molecular complexity index is 516. The number of β-amino-alcohol motifs (C(OH)–C–C–N with tert-alkyl or cyclic N) is 1. The van der Waals surface area contributed by atoms with E-state index < -0.39 is 17.5 Å². The van der Waals surface area contributed by atoms with E-state index in [2.05, 4.69) is 0 Å². The second kappa shape index (κ2) is 4.99. The minimum Gasteiger partial charge on any atom is -0.478 e. The average Bonchev–Trinajstić information content (AvgIpc) is 2.81. The molecule has 1 aliphatic heterocycles. The molecule has 102 valence electrons. The van der Waals surface area contributed by atoms with E-state index in [4.69, 9.17) is 9.94 Å². The quantitative estimate of drug-likeness (QED) is 0.848. The first-order valence-corrected chi connectivity index (χ1v) is 5.96. The second-order valence-corrected chi connectivity index (χ2v) is 4.54. The van der Waals surface area contributed by atoms with Crippen LogP contribution in [-0.4, -0.2) is 45.9 Å². The van der Waals surface area contributed by atoms with Crippen molar-refractivity contribution in [2.75, 3.05) is 13.2 Å². The van der Waals surface area contributed by atoms with Crippen LogP contribution in [0.15, 0.2) is 24.3 Å². The molecule has 1 aromatic carbocycles. The highest BCUT2D eigenvalue weighted by Gasteiger charge is 2.39. The minimum atomic E-state index is -1.17. The van der Waals surface area contributed by atoms with Crippen LogP contribution < -0.4 is 0 Å². The third kappa shape index (κ3) is 2.59. The number of benzene rings is 1. The van der Waals surface area contributed by atoms with E-state index in [-0.39, 0.29) is 24.3 Å². The summed E-state index contributed by atoms with van der Waals surface area (Å²) in [6.07, 6.45) is 0.456. The molecule has 19 heavy (non-hydrogen) atoms. The Labute approximate surface area is 110 Å². The Hall–Kier alpha value is -1.92. The predicted octanol–water partition coefficient (Wildman–Crippen LogP) is 0.913. The van der Waals surface area contributed by atoms with Gasteiger partial charge in [0, 0.05) is 0 Å². The van der Waals surface area contributed by atoms with E-state index in [1.807, 2.05) is 0 Å². The molecule has 0 spiro atoms. The van der Waals surface area contributed by atoms with Crippen LogP contribution in [0.25, 0.3) is 0 Å². The zero-order valence-corrected chi connectivity index (χ0v) is 10.5. The lowest BCUT2D eigenvalue weighted by atomic mass is 10.0. The van der Waals surface area contributed by atoms with Crippen molar-refractivity contribution in [2.45, 2.75) is 18.9 Å². The fraction of sp³-hybridized carbons (Fsp3) is 0.385. The van der Waals surface area contributed by atoms with Gasteiger partial charge in [-0.15, -0.1) is 0 Å². The van der Waals surface area contributed by atoms with E-state index in [9.17, 15) is 14.7 Å². The number of rotatable bonds is 3. The molecular formula is C13H15NO5. The lowest BCUT2D eigenvalue weighted by molar-refractivity contribution is -0.0804. The van der Waals surface area contributed by atoms with Gasteiger partial charge in [-0.2, -0.15) is 0 Å². The van der Waals surface area contributed by atoms with Gasteiger partial charge < -0.3 is 10.2 Å². The molecule has 0 unspecified atom stereocenters. The average molecular weight is 265 g/mol. The maximum atomic E-state index is 12.2. The number of nitrogens with zero attached hydrogens (tertiary/aromatic N) is 1. The number of hydrogen-bond donors (Lipinski definition) is 2. The second-order valence-electron chi connectivity index (χ2n) is 4.54. The summed E-state index contributed by atoms with van der Waals surface area (Å²) in [5.41, 5.74) is -1.09. The molecule has 1 heterocycles. The molecule has 1 fully saturated rings. The van der Waals surface area contributed by atoms with Crippen LogP contribution in [0.1, 0.15) is 34.1 Å². The monoisotopic (exact) mass is 265 g/mol. The van der Waals surface area contributed by atoms with Gasteiger partial charge in [-0.05, 0) is 18.6 Å². The van der Waals surface area contributed by atoms with Crippen LogP contribution in [0.3, 0.4) is 0 Å². The van der Waals surface area contributed by atoms with Crippen molar-refractivity contribution >= 4 is 11.9 Å². The van der Waals surface area contributed by atoms with Crippen molar-refractivity contribution in [3.63, 3.8) is 0 Å². The molecule has 0 saturated carbocycles. The number of aromatic carboxylic acids is 1. The Balaban J connectivity index is 2.24. The highest BCUT2D eigenvalue weighted by molar-refractivity contribution is 6.04. The van der Waals surface area contributed by atoms with Gasteiger partial charge in [0.05, 0.1) is 17.7 Å². The van der Waals surface area contributed by atoms with Crippen molar-refractivity contribution in [1.82, 2.24) is 5.06 Å². The van der Waals surface area contributed by atoms with Gasteiger partial charge in [-0.1, -0.05) is 19.1 Å². The molecule has 1 aromatic rings. The first-order valence-electron chi connectivity index (χ1n) is 5.96. The number of carboxylic acid groups (broad SMARTS) is 1. The van der Waals surface area contributed by atoms with E-state index in [0.717, 1.165) is 5.06 Å². The van der Waals surface area contributed by atoms with Crippen molar-refractivity contribution in [1.29, 1.82) is 0 Å². The van der Waals surface area contributed by atoms with Crippen molar-refractivity contribution in [2.24, 2.45) is 0 Å². The molecule has 0 aromatic heterocycles. The molecule has 6 heteroatoms. The molecule has 2 N–H and O–H groups in total. The fourth-order valence-electron chi connectivity index (χ4n) is 1.89. The summed E-state index contributed by atoms with van der Waals surface area (Å²) in [5.74, 6) is -1.73. The molecule has 1 atom stereocenters. The van der Waals surface area contributed by atoms with Gasteiger partial charge in [0.25, 0.3) is 5.91 Å². The van der Waals surface area contributed by atoms with E-state index >= 15 is 0 Å². The van der Waals surface area contributed by atoms with Crippen LogP contribution in [0.2, 0.25) is 0 Å². The topological polar surface area (TPSA) is 87.1 Å². The van der Waals surface area contributed by atoms with Crippen molar-refractivity contribution in [3.8, 4) is 0 Å². The number of hydroxylamine groups is 2. The Morgan fingerprint density at radius 3 is 2.53 bits per heavy atom. The van der Waals surface area contributed by atoms with Crippen LogP contribution in [0.4, 0.5) is 0 Å². The molecule has 0 radical (unpaired) electrons. The van der Waals surface area contributed by atoms with Gasteiger partial charge in [0.1, 0.15) is 12.2 Å². The number of hydrogen-bond acceptors (Lipinski definition) is 4. The van der Waals surface area contributed by atoms with Crippen LogP contribution in [0, 0.1) is 0 Å². The summed E-state index contributed by atoms with van der Waals surface area (Å²) < 4.78 is 0. The van der Waals surface area contributed by atoms with E-state index in [1.54, 1.807) is 19.1 Å². The van der Waals surface area contributed by atoms with Crippen molar-refractivity contribution < 1.29 is 24.6 Å². The number of carbonyl (C=O) groups is 2. The highest BCUT2D eigenvalue weighted by atomic mass is 16.7. The lowest BCUT2D eigenvalue weighted by Crippen LogP contribution is -2.36. The zero-order valence-electron chi connectivity index (χ0n) is 10.5. The molecule has 2 rings (SSSR count). The van der Waals surface area contributed by atoms with Crippen LogP contribution >= 0.6 is 0 Å². The number of amides is 1. The van der Waals surface area contributed by atoms with Crippen LogP contribution in [-0.2, 0) is 4.84 Å². The molecule has 1 saturated heterocycles. The first-order chi connectivity index (χ1) is 8.97. The molecular weight excluding hydrogens is 250 g/mol. The molecule has 6 nitrogen and oxygen atoms in total. The summed E-state index contributed by atoms with van der Waals surface area (Å²) in [4.78, 5) is 28.4. The molecule has 1 aliphatic rings. The summed E-state index contributed by atoms with van der Waals surface area (Å²) in [6, 6.07) is 5.92. The summed E-state index contributed by atoms with van der Waals surface area (Å²) in [6.45, 7) is 1.86. The lowest BCUT2D eigenvalue weighted by Gasteiger charge is -2.18.